The Hall–Kier alpha value is -1.82. The minimum absolute atomic E-state index is 0.185. The number of anilines is 1. The van der Waals surface area contributed by atoms with Crippen LogP contribution in [0.1, 0.15) is 16.1 Å². The van der Waals surface area contributed by atoms with E-state index in [2.05, 4.69) is 26.2 Å². The van der Waals surface area contributed by atoms with Crippen molar-refractivity contribution in [3.05, 3.63) is 40.2 Å². The number of halogens is 1. The number of carbonyl (C=O) groups excluding carboxylic acids is 1. The number of aryl methyl sites for hydroxylation is 1. The normalized spacial score (nSPS) is 10.2. The van der Waals surface area contributed by atoms with Crippen LogP contribution in [0.15, 0.2) is 33.4 Å². The zero-order valence-electron chi connectivity index (χ0n) is 9.86. The second-order valence-corrected chi connectivity index (χ2v) is 4.45. The number of aromatic nitrogens is 1. The molecule has 94 valence electrons. The molecular weight excluding hydrogens is 300 g/mol. The highest BCUT2D eigenvalue weighted by Crippen LogP contribution is 2.25. The molecule has 0 saturated heterocycles. The van der Waals surface area contributed by atoms with Crippen LogP contribution in [-0.4, -0.2) is 18.0 Å². The largest absolute Gasteiger partial charge is 0.496 e. The highest BCUT2D eigenvalue weighted by atomic mass is 79.9. The maximum atomic E-state index is 11.9. The molecule has 0 atom stereocenters. The molecule has 1 N–H and O–H groups in total. The minimum atomic E-state index is -0.291. The molecule has 2 aromatic rings. The Labute approximate surface area is 112 Å². The zero-order chi connectivity index (χ0) is 13.1. The third-order valence-electron chi connectivity index (χ3n) is 2.25. The predicted octanol–water partition coefficient (Wildman–Crippen LogP) is 3.01. The fourth-order valence-corrected chi connectivity index (χ4v) is 1.93. The molecule has 0 saturated carbocycles. The van der Waals surface area contributed by atoms with E-state index in [0.717, 1.165) is 0 Å². The van der Waals surface area contributed by atoms with Gasteiger partial charge in [0.2, 0.25) is 0 Å². The Morgan fingerprint density at radius 1 is 1.50 bits per heavy atom. The molecule has 1 amide bonds. The van der Waals surface area contributed by atoms with E-state index in [-0.39, 0.29) is 11.9 Å². The molecule has 18 heavy (non-hydrogen) atoms. The van der Waals surface area contributed by atoms with Gasteiger partial charge in [0.1, 0.15) is 12.0 Å². The summed E-state index contributed by atoms with van der Waals surface area (Å²) in [5.74, 6) is 0.374. The number of hydrogen-bond donors (Lipinski definition) is 1. The Bertz CT molecular complexity index is 580. The lowest BCUT2D eigenvalue weighted by Gasteiger charge is -2.05. The van der Waals surface area contributed by atoms with Crippen molar-refractivity contribution in [2.24, 2.45) is 0 Å². The van der Waals surface area contributed by atoms with Gasteiger partial charge in [-0.25, -0.2) is 0 Å². The number of benzene rings is 1. The first-order valence-corrected chi connectivity index (χ1v) is 5.96. The van der Waals surface area contributed by atoms with E-state index < -0.39 is 0 Å². The van der Waals surface area contributed by atoms with Crippen molar-refractivity contribution in [2.75, 3.05) is 12.4 Å². The molecule has 0 unspecified atom stereocenters. The Balaban J connectivity index is 2.16. The first-order valence-electron chi connectivity index (χ1n) is 5.17. The lowest BCUT2D eigenvalue weighted by molar-refractivity contribution is 0.102. The Morgan fingerprint density at radius 3 is 2.83 bits per heavy atom. The molecule has 0 radical (unpaired) electrons. The number of nitrogens with zero attached hydrogens (tertiary/aromatic N) is 1. The monoisotopic (exact) mass is 310 g/mol. The van der Waals surface area contributed by atoms with Crippen LogP contribution < -0.4 is 10.1 Å². The standard InChI is InChI=1S/C12H11BrN2O3/c1-7-6-18-12(14-7)15-11(16)8-3-4-10(17-2)9(13)5-8/h3-6H,1-2H3,(H,14,15,16). The van der Waals surface area contributed by atoms with Gasteiger partial charge in [-0.15, -0.1) is 0 Å². The molecule has 0 fully saturated rings. The maximum absolute atomic E-state index is 11.9. The molecular formula is C12H11BrN2O3. The summed E-state index contributed by atoms with van der Waals surface area (Å²) in [6, 6.07) is 5.22. The van der Waals surface area contributed by atoms with Crippen molar-refractivity contribution < 1.29 is 13.9 Å². The van der Waals surface area contributed by atoms with Gasteiger partial charge >= 0.3 is 6.01 Å². The van der Waals surface area contributed by atoms with Crippen molar-refractivity contribution in [1.29, 1.82) is 0 Å². The summed E-state index contributed by atoms with van der Waals surface area (Å²) in [5.41, 5.74) is 1.19. The van der Waals surface area contributed by atoms with Crippen molar-refractivity contribution in [2.45, 2.75) is 6.92 Å². The van der Waals surface area contributed by atoms with Crippen molar-refractivity contribution in [3.63, 3.8) is 0 Å². The number of amides is 1. The number of methoxy groups -OCH3 is 1. The second-order valence-electron chi connectivity index (χ2n) is 3.60. The lowest BCUT2D eigenvalue weighted by atomic mass is 10.2. The number of nitrogens with one attached hydrogen (secondary N) is 1. The topological polar surface area (TPSA) is 64.4 Å². The third kappa shape index (κ3) is 2.70. The molecule has 0 bridgehead atoms. The van der Waals surface area contributed by atoms with E-state index in [4.69, 9.17) is 9.15 Å². The number of hydrogen-bond acceptors (Lipinski definition) is 4. The number of oxazole rings is 1. The predicted molar refractivity (Wildman–Crippen MR) is 69.9 cm³/mol. The van der Waals surface area contributed by atoms with E-state index in [1.54, 1.807) is 32.2 Å². The van der Waals surface area contributed by atoms with Gasteiger partial charge in [0.15, 0.2) is 0 Å². The van der Waals surface area contributed by atoms with E-state index in [1.165, 1.54) is 6.26 Å². The number of ether oxygens (including phenoxy) is 1. The van der Waals surface area contributed by atoms with Crippen LogP contribution >= 0.6 is 15.9 Å². The summed E-state index contributed by atoms with van der Waals surface area (Å²) in [7, 11) is 1.56. The van der Waals surface area contributed by atoms with Gasteiger partial charge in [0.05, 0.1) is 17.3 Å². The van der Waals surface area contributed by atoms with Crippen LogP contribution in [0.5, 0.6) is 5.75 Å². The van der Waals surface area contributed by atoms with E-state index >= 15 is 0 Å². The lowest BCUT2D eigenvalue weighted by Crippen LogP contribution is -2.12. The fourth-order valence-electron chi connectivity index (χ4n) is 1.39. The summed E-state index contributed by atoms with van der Waals surface area (Å²) >= 11 is 3.32. The zero-order valence-corrected chi connectivity index (χ0v) is 11.4. The Kier molecular flexibility index (Phi) is 3.66. The van der Waals surface area contributed by atoms with Crippen LogP contribution in [0.2, 0.25) is 0 Å². The van der Waals surface area contributed by atoms with Gasteiger partial charge in [0.25, 0.3) is 5.91 Å². The van der Waals surface area contributed by atoms with Crippen molar-refractivity contribution in [1.82, 2.24) is 4.98 Å². The molecule has 1 aromatic carbocycles. The average Bonchev–Trinajstić information content (AvgIpc) is 2.74. The van der Waals surface area contributed by atoms with E-state index in [1.807, 2.05) is 0 Å². The summed E-state index contributed by atoms with van der Waals surface area (Å²) in [6.07, 6.45) is 1.47. The van der Waals surface area contributed by atoms with Crippen LogP contribution in [0.3, 0.4) is 0 Å². The molecule has 0 aliphatic rings. The number of rotatable bonds is 3. The van der Waals surface area contributed by atoms with E-state index in [0.29, 0.717) is 21.5 Å². The molecule has 1 heterocycles. The van der Waals surface area contributed by atoms with Gasteiger partial charge in [-0.05, 0) is 41.1 Å². The highest BCUT2D eigenvalue weighted by Gasteiger charge is 2.11. The minimum Gasteiger partial charge on any atom is -0.496 e. The van der Waals surface area contributed by atoms with Crippen LogP contribution in [-0.2, 0) is 0 Å². The smallest absolute Gasteiger partial charge is 0.301 e. The van der Waals surface area contributed by atoms with Gasteiger partial charge in [-0.3, -0.25) is 10.1 Å². The van der Waals surface area contributed by atoms with Crippen LogP contribution in [0.25, 0.3) is 0 Å². The summed E-state index contributed by atoms with van der Waals surface area (Å²) in [4.78, 5) is 15.9. The van der Waals surface area contributed by atoms with Crippen molar-refractivity contribution in [3.8, 4) is 5.75 Å². The summed E-state index contributed by atoms with van der Waals surface area (Å²) in [6.45, 7) is 1.78. The van der Waals surface area contributed by atoms with Crippen LogP contribution in [0, 0.1) is 6.92 Å². The van der Waals surface area contributed by atoms with Crippen LogP contribution in [0.4, 0.5) is 6.01 Å². The summed E-state index contributed by atoms with van der Waals surface area (Å²) < 4.78 is 10.9. The van der Waals surface area contributed by atoms with E-state index in [9.17, 15) is 4.79 Å². The average molecular weight is 311 g/mol. The maximum Gasteiger partial charge on any atom is 0.301 e. The van der Waals surface area contributed by atoms with Gasteiger partial charge in [-0.2, -0.15) is 4.98 Å². The SMILES string of the molecule is COc1ccc(C(=O)Nc2nc(C)co2)cc1Br. The molecule has 5 nitrogen and oxygen atoms in total. The third-order valence-corrected chi connectivity index (χ3v) is 2.87. The van der Waals surface area contributed by atoms with Gasteiger partial charge < -0.3 is 9.15 Å². The van der Waals surface area contributed by atoms with Gasteiger partial charge in [0, 0.05) is 5.56 Å². The first-order chi connectivity index (χ1) is 8.60. The molecule has 0 aliphatic carbocycles. The Morgan fingerprint density at radius 2 is 2.28 bits per heavy atom. The van der Waals surface area contributed by atoms with Crippen molar-refractivity contribution >= 4 is 27.9 Å². The molecule has 6 heteroatoms. The molecule has 1 aromatic heterocycles. The fraction of sp³-hybridized carbons (Fsp3) is 0.167. The molecule has 2 rings (SSSR count). The highest BCUT2D eigenvalue weighted by molar-refractivity contribution is 9.10. The molecule has 0 spiro atoms. The first kappa shape index (κ1) is 12.6. The summed E-state index contributed by atoms with van der Waals surface area (Å²) in [5, 5.41) is 2.57. The quantitative estimate of drug-likeness (QED) is 0.946. The number of carbonyl (C=O) groups is 1. The molecule has 0 aliphatic heterocycles. The van der Waals surface area contributed by atoms with Gasteiger partial charge in [-0.1, -0.05) is 0 Å². The second kappa shape index (κ2) is 5.22.